The number of benzene rings is 1. The smallest absolute Gasteiger partial charge is 0.390 e. The van der Waals surface area contributed by atoms with Crippen LogP contribution in [0.3, 0.4) is 0 Å². The molecule has 3 rings (SSSR count). The maximum absolute atomic E-state index is 13.4. The normalized spacial score (nSPS) is 12.9. The molecule has 8 nitrogen and oxygen atoms in total. The van der Waals surface area contributed by atoms with Crippen LogP contribution in [0.25, 0.3) is 5.69 Å². The van der Waals surface area contributed by atoms with Gasteiger partial charge in [-0.1, -0.05) is 47.1 Å². The van der Waals surface area contributed by atoms with Crippen LogP contribution in [0.1, 0.15) is 18.9 Å². The van der Waals surface area contributed by atoms with Crippen LogP contribution in [0, 0.1) is 0 Å². The Labute approximate surface area is 213 Å². The summed E-state index contributed by atoms with van der Waals surface area (Å²) in [4.78, 5) is 24.0. The predicted molar refractivity (Wildman–Crippen MR) is 132 cm³/mol. The molecule has 2 heterocycles. The summed E-state index contributed by atoms with van der Waals surface area (Å²) in [5, 5.41) is 8.08. The van der Waals surface area contributed by atoms with Gasteiger partial charge in [0.15, 0.2) is 10.9 Å². The summed E-state index contributed by atoms with van der Waals surface area (Å²) in [6, 6.07) is 12.4. The fraction of sp³-hybridized carbons (Fsp3) is 0.304. The first kappa shape index (κ1) is 27.3. The van der Waals surface area contributed by atoms with E-state index in [0.29, 0.717) is 5.69 Å². The highest BCUT2D eigenvalue weighted by molar-refractivity contribution is 7.85. The zero-order chi connectivity index (χ0) is 26.1. The predicted octanol–water partition coefficient (Wildman–Crippen LogP) is 4.55. The van der Waals surface area contributed by atoms with Gasteiger partial charge in [-0.15, -0.1) is 0 Å². The van der Waals surface area contributed by atoms with E-state index in [1.165, 1.54) is 15.8 Å². The van der Waals surface area contributed by atoms with Crippen LogP contribution in [0.4, 0.5) is 18.9 Å². The minimum absolute atomic E-state index is 0.0109. The third kappa shape index (κ3) is 7.89. The highest BCUT2D eigenvalue weighted by Crippen LogP contribution is 2.26. The number of pyridine rings is 1. The number of amides is 1. The molecular weight excluding hydrogens is 519 g/mol. The Bertz CT molecular complexity index is 1210. The molecule has 2 aromatic heterocycles. The summed E-state index contributed by atoms with van der Waals surface area (Å²) in [5.74, 6) is -1.90. The quantitative estimate of drug-likeness (QED) is 0.262. The number of halogens is 4. The molecule has 0 fully saturated rings. The number of alkyl halides is 3. The maximum Gasteiger partial charge on any atom is 0.390 e. The average Bonchev–Trinajstić information content (AvgIpc) is 3.24. The van der Waals surface area contributed by atoms with Crippen molar-refractivity contribution in [3.05, 3.63) is 71.8 Å². The molecule has 0 bridgehead atoms. The van der Waals surface area contributed by atoms with E-state index in [4.69, 9.17) is 16.4 Å². The van der Waals surface area contributed by atoms with E-state index in [1.54, 1.807) is 55.7 Å². The van der Waals surface area contributed by atoms with Crippen LogP contribution >= 0.6 is 11.6 Å². The fourth-order valence-electron chi connectivity index (χ4n) is 3.07. The third-order valence-corrected chi connectivity index (χ3v) is 6.34. The highest BCUT2D eigenvalue weighted by atomic mass is 35.5. The Morgan fingerprint density at radius 3 is 2.61 bits per heavy atom. The molecule has 3 aromatic rings. The molecule has 0 spiro atoms. The van der Waals surface area contributed by atoms with Crippen LogP contribution < -0.4 is 4.90 Å². The van der Waals surface area contributed by atoms with Gasteiger partial charge in [-0.05, 0) is 24.6 Å². The fourth-order valence-corrected chi connectivity index (χ4v) is 4.38. The van der Waals surface area contributed by atoms with Crippen molar-refractivity contribution >= 4 is 39.7 Å². The van der Waals surface area contributed by atoms with E-state index in [2.05, 4.69) is 15.2 Å². The highest BCUT2D eigenvalue weighted by Gasteiger charge is 2.30. The van der Waals surface area contributed by atoms with Gasteiger partial charge < -0.3 is 9.74 Å². The van der Waals surface area contributed by atoms with Crippen molar-refractivity contribution in [2.45, 2.75) is 26.1 Å². The topological polar surface area (TPSA) is 89.7 Å². The average molecular weight is 542 g/mol. The summed E-state index contributed by atoms with van der Waals surface area (Å²) < 4.78 is 51.6. The first-order valence-corrected chi connectivity index (χ1v) is 12.7. The van der Waals surface area contributed by atoms with Crippen molar-refractivity contribution < 1.29 is 27.0 Å². The van der Waals surface area contributed by atoms with E-state index >= 15 is 0 Å². The molecule has 36 heavy (non-hydrogen) atoms. The number of hydrogen-bond donors (Lipinski definition) is 0. The minimum atomic E-state index is -4.47. The van der Waals surface area contributed by atoms with E-state index in [1.807, 2.05) is 6.07 Å². The van der Waals surface area contributed by atoms with Crippen LogP contribution in [-0.2, 0) is 27.0 Å². The summed E-state index contributed by atoms with van der Waals surface area (Å²) in [5.41, 5.74) is 1.31. The van der Waals surface area contributed by atoms with Crippen molar-refractivity contribution in [2.75, 3.05) is 23.0 Å². The van der Waals surface area contributed by atoms with E-state index in [9.17, 15) is 22.2 Å². The molecule has 1 aromatic carbocycles. The maximum atomic E-state index is 13.4. The van der Waals surface area contributed by atoms with Crippen LogP contribution in [-0.4, -0.2) is 54.8 Å². The van der Waals surface area contributed by atoms with Crippen LogP contribution in [0.2, 0.25) is 5.15 Å². The monoisotopic (exact) mass is 541 g/mol. The minimum Gasteiger partial charge on any atom is -0.391 e. The Kier molecular flexibility index (Phi) is 9.59. The first-order chi connectivity index (χ1) is 17.2. The SMILES string of the molecule is CCN(C(=O)/C(CS(=O)CCC(F)(F)F)=N\OCc1ccccc1)c1cn(-c2cccnc2)nc1Cl. The van der Waals surface area contributed by atoms with Gasteiger partial charge in [0.25, 0.3) is 5.91 Å². The molecule has 13 heteroatoms. The lowest BCUT2D eigenvalue weighted by atomic mass is 10.2. The van der Waals surface area contributed by atoms with Crippen molar-refractivity contribution in [3.63, 3.8) is 0 Å². The molecule has 0 aliphatic carbocycles. The van der Waals surface area contributed by atoms with Gasteiger partial charge >= 0.3 is 6.18 Å². The summed E-state index contributed by atoms with van der Waals surface area (Å²) in [7, 11) is -2.01. The Morgan fingerprint density at radius 2 is 1.97 bits per heavy atom. The number of rotatable bonds is 11. The largest absolute Gasteiger partial charge is 0.391 e. The van der Waals surface area contributed by atoms with Crippen LogP contribution in [0.5, 0.6) is 0 Å². The molecule has 0 N–H and O–H groups in total. The molecule has 0 aliphatic heterocycles. The van der Waals surface area contributed by atoms with Crippen molar-refractivity contribution in [2.24, 2.45) is 5.16 Å². The second-order valence-corrected chi connectivity index (χ2v) is 9.40. The summed E-state index contributed by atoms with van der Waals surface area (Å²) in [6.45, 7) is 1.82. The Hall–Kier alpha value is -3.25. The lowest BCUT2D eigenvalue weighted by Gasteiger charge is -2.20. The summed E-state index contributed by atoms with van der Waals surface area (Å²) >= 11 is 6.30. The van der Waals surface area contributed by atoms with Gasteiger partial charge in [-0.25, -0.2) is 4.68 Å². The van der Waals surface area contributed by atoms with Gasteiger partial charge in [0.1, 0.15) is 12.3 Å². The van der Waals surface area contributed by atoms with Gasteiger partial charge in [0.05, 0.1) is 30.3 Å². The number of carbonyl (C=O) groups excluding carboxylic acids is 1. The number of nitrogens with zero attached hydrogens (tertiary/aromatic N) is 5. The van der Waals surface area contributed by atoms with Crippen LogP contribution in [0.15, 0.2) is 66.2 Å². The van der Waals surface area contributed by atoms with Crippen molar-refractivity contribution in [3.8, 4) is 5.69 Å². The molecule has 0 saturated heterocycles. The molecular formula is C23H23ClF3N5O3S. The molecule has 1 atom stereocenters. The standard InChI is InChI=1S/C23H23ClF3N5O3S/c1-2-31(20-14-32(29-21(20)24)18-9-6-11-28-13-18)22(33)19(16-36(34)12-10-23(25,26)27)30-35-15-17-7-4-3-5-8-17/h3-9,11,13-14H,2,10,12,15-16H2,1H3/b30-19-. The molecule has 192 valence electrons. The number of hydrogen-bond acceptors (Lipinski definition) is 6. The van der Waals surface area contributed by atoms with E-state index < -0.39 is 40.8 Å². The van der Waals surface area contributed by atoms with Crippen molar-refractivity contribution in [1.29, 1.82) is 0 Å². The second kappa shape index (κ2) is 12.6. The van der Waals surface area contributed by atoms with Gasteiger partial charge in [-0.3, -0.25) is 14.0 Å². The van der Waals surface area contributed by atoms with E-state index in [-0.39, 0.29) is 29.7 Å². The first-order valence-electron chi connectivity index (χ1n) is 10.8. The molecule has 0 saturated carbocycles. The van der Waals surface area contributed by atoms with Gasteiger partial charge in [-0.2, -0.15) is 18.3 Å². The summed E-state index contributed by atoms with van der Waals surface area (Å²) in [6.07, 6.45) is -1.05. The number of aromatic nitrogens is 3. The zero-order valence-electron chi connectivity index (χ0n) is 19.2. The van der Waals surface area contributed by atoms with Gasteiger partial charge in [0, 0.05) is 29.3 Å². The molecule has 1 amide bonds. The lowest BCUT2D eigenvalue weighted by molar-refractivity contribution is -0.129. The molecule has 0 radical (unpaired) electrons. The number of anilines is 1. The lowest BCUT2D eigenvalue weighted by Crippen LogP contribution is -2.39. The van der Waals surface area contributed by atoms with E-state index in [0.717, 1.165) is 5.56 Å². The second-order valence-electron chi connectivity index (χ2n) is 7.46. The number of carbonyl (C=O) groups is 1. The Balaban J connectivity index is 1.84. The van der Waals surface area contributed by atoms with Crippen molar-refractivity contribution in [1.82, 2.24) is 14.8 Å². The Morgan fingerprint density at radius 1 is 1.22 bits per heavy atom. The zero-order valence-corrected chi connectivity index (χ0v) is 20.8. The third-order valence-electron chi connectivity index (χ3n) is 4.82. The molecule has 0 aliphatic rings. The van der Waals surface area contributed by atoms with Gasteiger partial charge in [0.2, 0.25) is 0 Å². The molecule has 1 unspecified atom stereocenters. The number of oxime groups is 1.